The standard InChI is InChI=1S/C20H36O2/c1-2-3-7-10-16-13-18(16)15-19-14-17(19)11-8-5-4-6-9-12-20(21)22/h16-19H,2-15H2,1H3,(H,21,22)/t16?,17-,18+,19?/m1/s1. The topological polar surface area (TPSA) is 37.3 Å². The monoisotopic (exact) mass is 308 g/mol. The third-order valence-corrected chi connectivity index (χ3v) is 5.89. The molecular weight excluding hydrogens is 272 g/mol. The Balaban J connectivity index is 1.36. The number of hydrogen-bond donors (Lipinski definition) is 1. The second-order valence-electron chi connectivity index (χ2n) is 7.94. The summed E-state index contributed by atoms with van der Waals surface area (Å²) in [5.74, 6) is 3.68. The molecule has 2 unspecified atom stereocenters. The van der Waals surface area contributed by atoms with Gasteiger partial charge in [0, 0.05) is 6.42 Å². The van der Waals surface area contributed by atoms with Crippen LogP contribution in [0.3, 0.4) is 0 Å². The average molecular weight is 309 g/mol. The third-order valence-electron chi connectivity index (χ3n) is 5.89. The van der Waals surface area contributed by atoms with Crippen molar-refractivity contribution in [2.24, 2.45) is 23.7 Å². The van der Waals surface area contributed by atoms with E-state index in [1.165, 1.54) is 64.2 Å². The molecule has 2 fully saturated rings. The van der Waals surface area contributed by atoms with E-state index < -0.39 is 5.97 Å². The van der Waals surface area contributed by atoms with E-state index in [0.29, 0.717) is 6.42 Å². The second kappa shape index (κ2) is 9.57. The fraction of sp³-hybridized carbons (Fsp3) is 0.950. The van der Waals surface area contributed by atoms with Crippen LogP contribution >= 0.6 is 0 Å². The van der Waals surface area contributed by atoms with Gasteiger partial charge in [0.1, 0.15) is 0 Å². The van der Waals surface area contributed by atoms with Crippen molar-refractivity contribution in [2.75, 3.05) is 0 Å². The minimum Gasteiger partial charge on any atom is -0.481 e. The summed E-state index contributed by atoms with van der Waals surface area (Å²) in [7, 11) is 0. The summed E-state index contributed by atoms with van der Waals surface area (Å²) < 4.78 is 0. The van der Waals surface area contributed by atoms with Crippen molar-refractivity contribution < 1.29 is 9.90 Å². The van der Waals surface area contributed by atoms with Gasteiger partial charge in [-0.3, -0.25) is 4.79 Å². The summed E-state index contributed by atoms with van der Waals surface area (Å²) in [5.41, 5.74) is 0. The normalized spacial score (nSPS) is 29.5. The minimum absolute atomic E-state index is 0.353. The molecule has 2 aliphatic carbocycles. The van der Waals surface area contributed by atoms with Gasteiger partial charge in [0.15, 0.2) is 0 Å². The molecule has 0 aromatic heterocycles. The van der Waals surface area contributed by atoms with Crippen LogP contribution in [0.25, 0.3) is 0 Å². The quantitative estimate of drug-likeness (QED) is 0.397. The van der Waals surface area contributed by atoms with Crippen LogP contribution < -0.4 is 0 Å². The van der Waals surface area contributed by atoms with E-state index in [4.69, 9.17) is 5.11 Å². The Labute approximate surface area is 137 Å². The highest BCUT2D eigenvalue weighted by Crippen LogP contribution is 2.54. The van der Waals surface area contributed by atoms with Crippen LogP contribution in [0.2, 0.25) is 0 Å². The van der Waals surface area contributed by atoms with Crippen LogP contribution in [-0.4, -0.2) is 11.1 Å². The summed E-state index contributed by atoms with van der Waals surface area (Å²) >= 11 is 0. The first kappa shape index (κ1) is 17.8. The Morgan fingerprint density at radius 2 is 1.36 bits per heavy atom. The van der Waals surface area contributed by atoms with Crippen molar-refractivity contribution in [1.82, 2.24) is 0 Å². The predicted molar refractivity (Wildman–Crippen MR) is 91.9 cm³/mol. The van der Waals surface area contributed by atoms with E-state index >= 15 is 0 Å². The van der Waals surface area contributed by atoms with E-state index in [2.05, 4.69) is 6.92 Å². The second-order valence-corrected chi connectivity index (χ2v) is 7.94. The molecular formula is C20H36O2. The van der Waals surface area contributed by atoms with Gasteiger partial charge in [0.25, 0.3) is 0 Å². The molecule has 0 heterocycles. The van der Waals surface area contributed by atoms with Crippen LogP contribution in [0.5, 0.6) is 0 Å². The maximum Gasteiger partial charge on any atom is 0.303 e. The lowest BCUT2D eigenvalue weighted by Gasteiger charge is -2.02. The van der Waals surface area contributed by atoms with E-state index in [9.17, 15) is 4.79 Å². The maximum atomic E-state index is 10.4. The van der Waals surface area contributed by atoms with Crippen molar-refractivity contribution in [3.8, 4) is 0 Å². The molecule has 0 saturated heterocycles. The van der Waals surface area contributed by atoms with Crippen molar-refractivity contribution in [3.05, 3.63) is 0 Å². The lowest BCUT2D eigenvalue weighted by Crippen LogP contribution is -1.93. The highest BCUT2D eigenvalue weighted by atomic mass is 16.4. The van der Waals surface area contributed by atoms with Gasteiger partial charge in [-0.2, -0.15) is 0 Å². The smallest absolute Gasteiger partial charge is 0.303 e. The molecule has 2 heteroatoms. The first-order valence-corrected chi connectivity index (χ1v) is 9.92. The van der Waals surface area contributed by atoms with Crippen molar-refractivity contribution in [2.45, 2.75) is 96.8 Å². The molecule has 2 rings (SSSR count). The Hall–Kier alpha value is -0.530. The zero-order chi connectivity index (χ0) is 15.8. The molecule has 22 heavy (non-hydrogen) atoms. The fourth-order valence-electron chi connectivity index (χ4n) is 4.16. The third kappa shape index (κ3) is 7.15. The van der Waals surface area contributed by atoms with E-state index in [1.807, 2.05) is 0 Å². The molecule has 0 amide bonds. The molecule has 128 valence electrons. The van der Waals surface area contributed by atoms with Crippen LogP contribution in [0.4, 0.5) is 0 Å². The number of carboxylic acids is 1. The Morgan fingerprint density at radius 3 is 1.95 bits per heavy atom. The van der Waals surface area contributed by atoms with E-state index in [-0.39, 0.29) is 0 Å². The lowest BCUT2D eigenvalue weighted by molar-refractivity contribution is -0.137. The number of rotatable bonds is 14. The number of hydrogen-bond acceptors (Lipinski definition) is 1. The van der Waals surface area contributed by atoms with Gasteiger partial charge >= 0.3 is 5.97 Å². The van der Waals surface area contributed by atoms with Crippen LogP contribution in [-0.2, 0) is 4.79 Å². The Kier molecular flexibility index (Phi) is 7.75. The van der Waals surface area contributed by atoms with Crippen LogP contribution in [0, 0.1) is 23.7 Å². The molecule has 0 bridgehead atoms. The zero-order valence-corrected chi connectivity index (χ0v) is 14.6. The first-order chi connectivity index (χ1) is 10.7. The number of carboxylic acid groups (broad SMARTS) is 1. The Morgan fingerprint density at radius 1 is 0.818 bits per heavy atom. The summed E-state index contributed by atoms with van der Waals surface area (Å²) in [4.78, 5) is 10.4. The highest BCUT2D eigenvalue weighted by Gasteiger charge is 2.44. The number of aliphatic carboxylic acids is 1. The van der Waals surface area contributed by atoms with E-state index in [0.717, 1.165) is 36.5 Å². The maximum absolute atomic E-state index is 10.4. The summed E-state index contributed by atoms with van der Waals surface area (Å²) in [5, 5.41) is 8.58. The van der Waals surface area contributed by atoms with Gasteiger partial charge in [-0.05, 0) is 49.4 Å². The number of unbranched alkanes of at least 4 members (excludes halogenated alkanes) is 6. The van der Waals surface area contributed by atoms with Crippen molar-refractivity contribution in [3.63, 3.8) is 0 Å². The van der Waals surface area contributed by atoms with Crippen LogP contribution in [0.1, 0.15) is 96.8 Å². The molecule has 1 N–H and O–H groups in total. The predicted octanol–water partition coefficient (Wildman–Crippen LogP) is 6.04. The Bertz CT molecular complexity index is 326. The van der Waals surface area contributed by atoms with Gasteiger partial charge in [0.2, 0.25) is 0 Å². The largest absolute Gasteiger partial charge is 0.481 e. The molecule has 2 nitrogen and oxygen atoms in total. The van der Waals surface area contributed by atoms with Gasteiger partial charge < -0.3 is 5.11 Å². The van der Waals surface area contributed by atoms with Gasteiger partial charge in [0.05, 0.1) is 0 Å². The lowest BCUT2D eigenvalue weighted by atomic mass is 10.0. The molecule has 4 atom stereocenters. The zero-order valence-electron chi connectivity index (χ0n) is 14.6. The van der Waals surface area contributed by atoms with Crippen LogP contribution in [0.15, 0.2) is 0 Å². The summed E-state index contributed by atoms with van der Waals surface area (Å²) in [6, 6.07) is 0. The molecule has 0 aliphatic heterocycles. The van der Waals surface area contributed by atoms with Gasteiger partial charge in [-0.25, -0.2) is 0 Å². The molecule has 0 radical (unpaired) electrons. The first-order valence-electron chi connectivity index (χ1n) is 9.92. The summed E-state index contributed by atoms with van der Waals surface area (Å²) in [6.45, 7) is 2.30. The highest BCUT2D eigenvalue weighted by molar-refractivity contribution is 5.66. The molecule has 0 spiro atoms. The number of carbonyl (C=O) groups is 1. The summed E-state index contributed by atoms with van der Waals surface area (Å²) in [6.07, 6.45) is 18.0. The molecule has 0 aromatic rings. The van der Waals surface area contributed by atoms with E-state index in [1.54, 1.807) is 6.42 Å². The van der Waals surface area contributed by atoms with Crippen molar-refractivity contribution >= 4 is 5.97 Å². The SMILES string of the molecule is CCCCCC1C[C@H]1CC1C[C@H]1CCCCCCCC(=O)O. The molecule has 2 aliphatic rings. The molecule has 2 saturated carbocycles. The fourth-order valence-corrected chi connectivity index (χ4v) is 4.16. The average Bonchev–Trinajstić information content (AvgIpc) is 3.38. The van der Waals surface area contributed by atoms with Gasteiger partial charge in [-0.15, -0.1) is 0 Å². The molecule has 0 aromatic carbocycles. The minimum atomic E-state index is -0.645. The van der Waals surface area contributed by atoms with Crippen molar-refractivity contribution in [1.29, 1.82) is 0 Å². The van der Waals surface area contributed by atoms with Gasteiger partial charge in [-0.1, -0.05) is 64.7 Å².